The largest absolute Gasteiger partial charge is 0.484 e. The number of alkyl halides is 3. The topological polar surface area (TPSA) is 69.0 Å². The summed E-state index contributed by atoms with van der Waals surface area (Å²) in [4.78, 5) is 16.5. The van der Waals surface area contributed by atoms with Crippen molar-refractivity contribution >= 4 is 23.2 Å². The molecule has 2 aromatic carbocycles. The Morgan fingerprint density at radius 2 is 1.93 bits per heavy atom. The molecule has 1 amide bonds. The van der Waals surface area contributed by atoms with Gasteiger partial charge in [0.05, 0.1) is 5.69 Å². The molecule has 0 radical (unpaired) electrons. The third-order valence-electron chi connectivity index (χ3n) is 3.54. The minimum Gasteiger partial charge on any atom is -0.484 e. The van der Waals surface area contributed by atoms with E-state index in [2.05, 4.69) is 20.1 Å². The number of hydrogen-bond acceptors (Lipinski definition) is 4. The SMILES string of the molecule is Cc1nc(C(=O)Nc2cccc(OCC(F)(F)F)c2)nn1-c1ccc(Cl)cc1. The number of hydrogen-bond donors (Lipinski definition) is 1. The van der Waals surface area contributed by atoms with E-state index in [1.54, 1.807) is 31.2 Å². The van der Waals surface area contributed by atoms with Crippen molar-refractivity contribution in [2.75, 3.05) is 11.9 Å². The lowest BCUT2D eigenvalue weighted by atomic mass is 10.3. The molecular formula is C18H14ClF3N4O2. The Kier molecular flexibility index (Phi) is 5.55. The summed E-state index contributed by atoms with van der Waals surface area (Å²) in [6.45, 7) is 0.265. The molecule has 3 rings (SSSR count). The smallest absolute Gasteiger partial charge is 0.422 e. The van der Waals surface area contributed by atoms with Crippen LogP contribution >= 0.6 is 11.6 Å². The summed E-state index contributed by atoms with van der Waals surface area (Å²) < 4.78 is 42.9. The van der Waals surface area contributed by atoms with Crippen molar-refractivity contribution in [1.82, 2.24) is 14.8 Å². The highest BCUT2D eigenvalue weighted by molar-refractivity contribution is 6.30. The van der Waals surface area contributed by atoms with Crippen LogP contribution in [-0.4, -0.2) is 33.5 Å². The second-order valence-electron chi connectivity index (χ2n) is 5.76. The van der Waals surface area contributed by atoms with Gasteiger partial charge in [0.25, 0.3) is 5.91 Å². The Morgan fingerprint density at radius 3 is 2.61 bits per heavy atom. The number of nitrogens with zero attached hydrogens (tertiary/aromatic N) is 3. The summed E-state index contributed by atoms with van der Waals surface area (Å²) in [6.07, 6.45) is -4.45. The molecule has 1 N–H and O–H groups in total. The maximum atomic E-state index is 12.4. The third-order valence-corrected chi connectivity index (χ3v) is 3.79. The summed E-state index contributed by atoms with van der Waals surface area (Å²) in [7, 11) is 0. The summed E-state index contributed by atoms with van der Waals surface area (Å²) in [5.74, 6) is -0.237. The number of aromatic nitrogens is 3. The van der Waals surface area contributed by atoms with Crippen LogP contribution in [0.3, 0.4) is 0 Å². The van der Waals surface area contributed by atoms with Crippen LogP contribution in [0.2, 0.25) is 5.02 Å². The molecule has 3 aromatic rings. The number of carbonyl (C=O) groups is 1. The number of nitrogens with one attached hydrogen (secondary N) is 1. The summed E-state index contributed by atoms with van der Waals surface area (Å²) in [5.41, 5.74) is 0.932. The molecule has 0 saturated heterocycles. The zero-order valence-corrected chi connectivity index (χ0v) is 15.3. The van der Waals surface area contributed by atoms with Gasteiger partial charge in [-0.2, -0.15) is 13.2 Å². The predicted molar refractivity (Wildman–Crippen MR) is 97.1 cm³/mol. The minimum absolute atomic E-state index is 0.0223. The Hall–Kier alpha value is -3.07. The zero-order chi connectivity index (χ0) is 20.3. The van der Waals surface area contributed by atoms with Gasteiger partial charge < -0.3 is 10.1 Å². The van der Waals surface area contributed by atoms with Crippen LogP contribution in [0.15, 0.2) is 48.5 Å². The van der Waals surface area contributed by atoms with E-state index < -0.39 is 18.7 Å². The molecule has 0 spiro atoms. The van der Waals surface area contributed by atoms with Crippen LogP contribution in [-0.2, 0) is 0 Å². The van der Waals surface area contributed by atoms with E-state index in [4.69, 9.17) is 11.6 Å². The standard InChI is InChI=1S/C18H14ClF3N4O2/c1-11-23-16(25-26(11)14-7-5-12(19)6-8-14)17(27)24-13-3-2-4-15(9-13)28-10-18(20,21)22/h2-9H,10H2,1H3,(H,24,27). The van der Waals surface area contributed by atoms with Gasteiger partial charge in [0.1, 0.15) is 11.6 Å². The lowest BCUT2D eigenvalue weighted by Crippen LogP contribution is -2.19. The first kappa shape index (κ1) is 19.7. The normalized spacial score (nSPS) is 11.3. The van der Waals surface area contributed by atoms with E-state index in [1.807, 2.05) is 0 Å². The number of ether oxygens (including phenoxy) is 1. The van der Waals surface area contributed by atoms with Crippen molar-refractivity contribution < 1.29 is 22.7 Å². The van der Waals surface area contributed by atoms with Crippen molar-refractivity contribution in [3.8, 4) is 11.4 Å². The van der Waals surface area contributed by atoms with Crippen LogP contribution in [0.5, 0.6) is 5.75 Å². The molecule has 1 aromatic heterocycles. The lowest BCUT2D eigenvalue weighted by molar-refractivity contribution is -0.153. The molecule has 10 heteroatoms. The summed E-state index contributed by atoms with van der Waals surface area (Å²) in [5, 5.41) is 7.27. The first-order valence-corrected chi connectivity index (χ1v) is 8.40. The first-order chi connectivity index (χ1) is 13.2. The van der Waals surface area contributed by atoms with E-state index in [-0.39, 0.29) is 17.3 Å². The van der Waals surface area contributed by atoms with Gasteiger partial charge in [-0.05, 0) is 43.3 Å². The number of carbonyl (C=O) groups excluding carboxylic acids is 1. The molecular weight excluding hydrogens is 397 g/mol. The van der Waals surface area contributed by atoms with Crippen LogP contribution in [0.4, 0.5) is 18.9 Å². The highest BCUT2D eigenvalue weighted by Gasteiger charge is 2.28. The Labute approximate surface area is 162 Å². The Bertz CT molecular complexity index is 987. The quantitative estimate of drug-likeness (QED) is 0.676. The monoisotopic (exact) mass is 410 g/mol. The van der Waals surface area contributed by atoms with E-state index in [0.717, 1.165) is 0 Å². The minimum atomic E-state index is -4.45. The van der Waals surface area contributed by atoms with Gasteiger partial charge in [0, 0.05) is 16.8 Å². The number of aryl methyl sites for hydroxylation is 1. The number of rotatable bonds is 5. The second-order valence-corrected chi connectivity index (χ2v) is 6.19. The molecule has 0 atom stereocenters. The molecule has 28 heavy (non-hydrogen) atoms. The van der Waals surface area contributed by atoms with Crippen LogP contribution in [0, 0.1) is 6.92 Å². The van der Waals surface area contributed by atoms with Gasteiger partial charge in [0.2, 0.25) is 5.82 Å². The first-order valence-electron chi connectivity index (χ1n) is 8.02. The van der Waals surface area contributed by atoms with E-state index in [1.165, 1.54) is 28.9 Å². The van der Waals surface area contributed by atoms with Crippen molar-refractivity contribution in [3.05, 3.63) is 65.2 Å². The fraction of sp³-hybridized carbons (Fsp3) is 0.167. The van der Waals surface area contributed by atoms with Gasteiger partial charge >= 0.3 is 6.18 Å². The van der Waals surface area contributed by atoms with Crippen molar-refractivity contribution in [2.45, 2.75) is 13.1 Å². The fourth-order valence-electron chi connectivity index (χ4n) is 2.33. The van der Waals surface area contributed by atoms with Gasteiger partial charge in [-0.3, -0.25) is 4.79 Å². The molecule has 0 saturated carbocycles. The molecule has 0 aliphatic heterocycles. The Morgan fingerprint density at radius 1 is 1.21 bits per heavy atom. The summed E-state index contributed by atoms with van der Waals surface area (Å²) in [6, 6.07) is 12.5. The van der Waals surface area contributed by atoms with E-state index in [0.29, 0.717) is 16.5 Å². The average Bonchev–Trinajstić information content (AvgIpc) is 3.02. The lowest BCUT2D eigenvalue weighted by Gasteiger charge is -2.10. The van der Waals surface area contributed by atoms with Gasteiger partial charge in [-0.1, -0.05) is 17.7 Å². The fourth-order valence-corrected chi connectivity index (χ4v) is 2.45. The third kappa shape index (κ3) is 5.01. The molecule has 0 fully saturated rings. The Balaban J connectivity index is 1.73. The number of benzene rings is 2. The van der Waals surface area contributed by atoms with Crippen molar-refractivity contribution in [1.29, 1.82) is 0 Å². The van der Waals surface area contributed by atoms with Gasteiger partial charge in [-0.15, -0.1) is 5.10 Å². The molecule has 0 unspecified atom stereocenters. The summed E-state index contributed by atoms with van der Waals surface area (Å²) >= 11 is 5.86. The van der Waals surface area contributed by atoms with Crippen molar-refractivity contribution in [2.24, 2.45) is 0 Å². The van der Waals surface area contributed by atoms with Gasteiger partial charge in [0.15, 0.2) is 6.61 Å². The highest BCUT2D eigenvalue weighted by atomic mass is 35.5. The van der Waals surface area contributed by atoms with Crippen LogP contribution in [0.25, 0.3) is 5.69 Å². The predicted octanol–water partition coefficient (Wildman–Crippen LogP) is 4.42. The zero-order valence-electron chi connectivity index (χ0n) is 14.5. The maximum absolute atomic E-state index is 12.4. The average molecular weight is 411 g/mol. The molecule has 0 aliphatic carbocycles. The second kappa shape index (κ2) is 7.89. The van der Waals surface area contributed by atoms with Crippen LogP contribution in [0.1, 0.15) is 16.4 Å². The molecule has 6 nitrogen and oxygen atoms in total. The number of anilines is 1. The van der Waals surface area contributed by atoms with Crippen LogP contribution < -0.4 is 10.1 Å². The molecule has 146 valence electrons. The molecule has 0 bridgehead atoms. The maximum Gasteiger partial charge on any atom is 0.422 e. The highest BCUT2D eigenvalue weighted by Crippen LogP contribution is 2.22. The number of amides is 1. The number of halogens is 4. The van der Waals surface area contributed by atoms with E-state index in [9.17, 15) is 18.0 Å². The molecule has 0 aliphatic rings. The molecule has 1 heterocycles. The van der Waals surface area contributed by atoms with Gasteiger partial charge in [-0.25, -0.2) is 9.67 Å². The van der Waals surface area contributed by atoms with Crippen molar-refractivity contribution in [3.63, 3.8) is 0 Å². The van der Waals surface area contributed by atoms with E-state index >= 15 is 0 Å².